The zero-order valence-electron chi connectivity index (χ0n) is 8.24. The third-order valence-corrected chi connectivity index (χ3v) is 2.28. The van der Waals surface area contributed by atoms with Crippen LogP contribution in [-0.4, -0.2) is 4.98 Å². The van der Waals surface area contributed by atoms with Gasteiger partial charge in [0, 0.05) is 5.39 Å². The number of nitrogens with zero attached hydrogens (tertiary/aromatic N) is 1. The average Bonchev–Trinajstić information content (AvgIpc) is 2.09. The molecule has 0 amide bonds. The van der Waals surface area contributed by atoms with E-state index in [0.29, 0.717) is 5.82 Å². The van der Waals surface area contributed by atoms with Gasteiger partial charge in [0.05, 0.1) is 5.52 Å². The molecular weight excluding hydrogens is 196 g/mol. The number of para-hydroxylation sites is 1. The molecule has 1 aromatic carbocycles. The van der Waals surface area contributed by atoms with Crippen LogP contribution in [0.25, 0.3) is 10.9 Å². The smallest absolute Gasteiger partial charge is 0.127 e. The van der Waals surface area contributed by atoms with E-state index in [1.807, 2.05) is 26.0 Å². The van der Waals surface area contributed by atoms with Crippen LogP contribution in [0.5, 0.6) is 0 Å². The minimum absolute atomic E-state index is 0. The van der Waals surface area contributed by atoms with E-state index >= 15 is 0 Å². The number of pyridine rings is 1. The van der Waals surface area contributed by atoms with Crippen molar-refractivity contribution in [2.75, 3.05) is 5.73 Å². The molecule has 3 heteroatoms. The molecule has 0 atom stereocenters. The fourth-order valence-electron chi connectivity index (χ4n) is 1.47. The summed E-state index contributed by atoms with van der Waals surface area (Å²) in [5.41, 5.74) is 8.96. The monoisotopic (exact) mass is 208 g/mol. The van der Waals surface area contributed by atoms with Gasteiger partial charge in [-0.05, 0) is 31.0 Å². The Bertz CT molecular complexity index is 466. The maximum atomic E-state index is 5.74. The normalized spacial score (nSPS) is 9.86. The van der Waals surface area contributed by atoms with Gasteiger partial charge >= 0.3 is 0 Å². The van der Waals surface area contributed by atoms with Gasteiger partial charge in [-0.25, -0.2) is 4.98 Å². The van der Waals surface area contributed by atoms with Crippen molar-refractivity contribution in [1.29, 1.82) is 0 Å². The first-order valence-corrected chi connectivity index (χ1v) is 4.31. The molecule has 0 aliphatic carbocycles. The first-order chi connectivity index (χ1) is 6.18. The second kappa shape index (κ2) is 3.84. The van der Waals surface area contributed by atoms with Crippen LogP contribution in [0.1, 0.15) is 11.1 Å². The summed E-state index contributed by atoms with van der Waals surface area (Å²) in [6, 6.07) is 8.21. The minimum atomic E-state index is 0. The van der Waals surface area contributed by atoms with Gasteiger partial charge < -0.3 is 5.73 Å². The lowest BCUT2D eigenvalue weighted by atomic mass is 10.1. The Balaban J connectivity index is 0.000000980. The molecule has 2 nitrogen and oxygen atoms in total. The number of rotatable bonds is 0. The summed E-state index contributed by atoms with van der Waals surface area (Å²) >= 11 is 0. The Hall–Kier alpha value is -1.28. The van der Waals surface area contributed by atoms with Gasteiger partial charge in [0.15, 0.2) is 0 Å². The standard InChI is InChI=1S/C11H12N2.ClH/c1-7-4-3-5-9-6-8(2)11(12)13-10(7)9;/h3-6H,1-2H3,(H2,12,13);1H. The van der Waals surface area contributed by atoms with Crippen LogP contribution in [0.2, 0.25) is 0 Å². The van der Waals surface area contributed by atoms with E-state index in [9.17, 15) is 0 Å². The molecule has 0 fully saturated rings. The largest absolute Gasteiger partial charge is 0.383 e. The number of hydrogen-bond donors (Lipinski definition) is 1. The van der Waals surface area contributed by atoms with Crippen molar-refractivity contribution >= 4 is 29.1 Å². The molecule has 74 valence electrons. The molecule has 0 saturated carbocycles. The number of nitrogen functional groups attached to an aromatic ring is 1. The molecule has 2 aromatic rings. The van der Waals surface area contributed by atoms with Gasteiger partial charge in [-0.2, -0.15) is 0 Å². The quantitative estimate of drug-likeness (QED) is 0.723. The summed E-state index contributed by atoms with van der Waals surface area (Å²) in [7, 11) is 0. The van der Waals surface area contributed by atoms with Crippen LogP contribution in [0.3, 0.4) is 0 Å². The van der Waals surface area contributed by atoms with E-state index in [1.165, 1.54) is 5.56 Å². The Morgan fingerprint density at radius 3 is 2.57 bits per heavy atom. The molecule has 0 aliphatic heterocycles. The third kappa shape index (κ3) is 1.66. The van der Waals surface area contributed by atoms with Crippen LogP contribution < -0.4 is 5.73 Å². The first kappa shape index (κ1) is 10.8. The Kier molecular flexibility index (Phi) is 2.96. The first-order valence-electron chi connectivity index (χ1n) is 4.31. The van der Waals surface area contributed by atoms with E-state index in [0.717, 1.165) is 16.5 Å². The number of aryl methyl sites for hydroxylation is 2. The lowest BCUT2D eigenvalue weighted by molar-refractivity contribution is 1.32. The molecule has 1 heterocycles. The van der Waals surface area contributed by atoms with Crippen LogP contribution in [0, 0.1) is 13.8 Å². The fraction of sp³-hybridized carbons (Fsp3) is 0.182. The average molecular weight is 209 g/mol. The second-order valence-electron chi connectivity index (χ2n) is 3.34. The van der Waals surface area contributed by atoms with Crippen molar-refractivity contribution in [1.82, 2.24) is 4.98 Å². The molecule has 0 radical (unpaired) electrons. The summed E-state index contributed by atoms with van der Waals surface area (Å²) < 4.78 is 0. The predicted molar refractivity (Wildman–Crippen MR) is 62.9 cm³/mol. The maximum absolute atomic E-state index is 5.74. The van der Waals surface area contributed by atoms with Crippen molar-refractivity contribution in [2.24, 2.45) is 0 Å². The van der Waals surface area contributed by atoms with Gasteiger partial charge in [-0.3, -0.25) is 0 Å². The highest BCUT2D eigenvalue weighted by molar-refractivity contribution is 5.85. The molecule has 0 aliphatic rings. The van der Waals surface area contributed by atoms with E-state index in [2.05, 4.69) is 17.1 Å². The van der Waals surface area contributed by atoms with Crippen LogP contribution in [0.15, 0.2) is 24.3 Å². The Morgan fingerprint density at radius 1 is 1.14 bits per heavy atom. The molecule has 2 rings (SSSR count). The maximum Gasteiger partial charge on any atom is 0.127 e. The SMILES string of the molecule is Cc1cc2cccc(C)c2nc1N.Cl. The number of benzene rings is 1. The number of halogens is 1. The van der Waals surface area contributed by atoms with Crippen LogP contribution in [0.4, 0.5) is 5.82 Å². The summed E-state index contributed by atoms with van der Waals surface area (Å²) in [5, 5.41) is 1.16. The van der Waals surface area contributed by atoms with Crippen molar-refractivity contribution in [3.63, 3.8) is 0 Å². The van der Waals surface area contributed by atoms with Gasteiger partial charge in [0.2, 0.25) is 0 Å². The lowest BCUT2D eigenvalue weighted by Gasteiger charge is -2.04. The highest BCUT2D eigenvalue weighted by Gasteiger charge is 2.01. The number of hydrogen-bond acceptors (Lipinski definition) is 2. The molecule has 2 N–H and O–H groups in total. The molecule has 0 unspecified atom stereocenters. The van der Waals surface area contributed by atoms with E-state index in [4.69, 9.17) is 5.73 Å². The number of fused-ring (bicyclic) bond motifs is 1. The van der Waals surface area contributed by atoms with E-state index in [-0.39, 0.29) is 12.4 Å². The second-order valence-corrected chi connectivity index (χ2v) is 3.34. The molecule has 0 spiro atoms. The summed E-state index contributed by atoms with van der Waals surface area (Å²) in [4.78, 5) is 4.35. The molecule has 1 aromatic heterocycles. The van der Waals surface area contributed by atoms with Crippen molar-refractivity contribution < 1.29 is 0 Å². The predicted octanol–water partition coefficient (Wildman–Crippen LogP) is 2.86. The Morgan fingerprint density at radius 2 is 1.86 bits per heavy atom. The summed E-state index contributed by atoms with van der Waals surface area (Å²) in [5.74, 6) is 0.627. The van der Waals surface area contributed by atoms with E-state index < -0.39 is 0 Å². The van der Waals surface area contributed by atoms with E-state index in [1.54, 1.807) is 0 Å². The van der Waals surface area contributed by atoms with Gasteiger partial charge in [-0.1, -0.05) is 18.2 Å². The number of aromatic nitrogens is 1. The number of nitrogens with two attached hydrogens (primary N) is 1. The zero-order valence-corrected chi connectivity index (χ0v) is 9.06. The van der Waals surface area contributed by atoms with Crippen molar-refractivity contribution in [3.05, 3.63) is 35.4 Å². The van der Waals surface area contributed by atoms with Crippen molar-refractivity contribution in [2.45, 2.75) is 13.8 Å². The molecule has 0 saturated heterocycles. The molecular formula is C11H13ClN2. The minimum Gasteiger partial charge on any atom is -0.383 e. The van der Waals surface area contributed by atoms with Crippen molar-refractivity contribution in [3.8, 4) is 0 Å². The van der Waals surface area contributed by atoms with Gasteiger partial charge in [-0.15, -0.1) is 12.4 Å². The third-order valence-electron chi connectivity index (χ3n) is 2.28. The zero-order chi connectivity index (χ0) is 9.42. The lowest BCUT2D eigenvalue weighted by Crippen LogP contribution is -1.95. The fourth-order valence-corrected chi connectivity index (χ4v) is 1.47. The topological polar surface area (TPSA) is 38.9 Å². The van der Waals surface area contributed by atoms with Crippen LogP contribution in [-0.2, 0) is 0 Å². The molecule has 14 heavy (non-hydrogen) atoms. The molecule has 0 bridgehead atoms. The highest BCUT2D eigenvalue weighted by Crippen LogP contribution is 2.20. The van der Waals surface area contributed by atoms with Gasteiger partial charge in [0.25, 0.3) is 0 Å². The van der Waals surface area contributed by atoms with Crippen LogP contribution >= 0.6 is 12.4 Å². The Labute approximate surface area is 89.6 Å². The summed E-state index contributed by atoms with van der Waals surface area (Å²) in [6.45, 7) is 4.02. The summed E-state index contributed by atoms with van der Waals surface area (Å²) in [6.07, 6.45) is 0. The van der Waals surface area contributed by atoms with Gasteiger partial charge in [0.1, 0.15) is 5.82 Å². The highest BCUT2D eigenvalue weighted by atomic mass is 35.5. The number of anilines is 1.